The molecule has 1 aromatic rings. The first-order valence-electron chi connectivity index (χ1n) is 7.01. The summed E-state index contributed by atoms with van der Waals surface area (Å²) in [5.74, 6) is 1.55. The molecule has 1 N–H and O–H groups in total. The van der Waals surface area contributed by atoms with E-state index < -0.39 is 15.9 Å². The molecule has 1 unspecified atom stereocenters. The highest BCUT2D eigenvalue weighted by atomic mass is 32.2. The van der Waals surface area contributed by atoms with Crippen molar-refractivity contribution in [2.24, 2.45) is 0 Å². The maximum Gasteiger partial charge on any atom is 0.160 e. The number of benzene rings is 1. The van der Waals surface area contributed by atoms with Gasteiger partial charge in [-0.15, -0.1) is 0 Å². The highest BCUT2D eigenvalue weighted by Crippen LogP contribution is 2.28. The fraction of sp³-hybridized carbons (Fsp3) is 0.600. The fourth-order valence-corrected chi connectivity index (χ4v) is 2.96. The monoisotopic (exact) mass is 316 g/mol. The van der Waals surface area contributed by atoms with Gasteiger partial charge >= 0.3 is 0 Å². The van der Waals surface area contributed by atoms with Crippen LogP contribution >= 0.6 is 0 Å². The van der Waals surface area contributed by atoms with Gasteiger partial charge < -0.3 is 14.6 Å². The third-order valence-electron chi connectivity index (χ3n) is 3.35. The normalized spacial score (nSPS) is 13.0. The lowest BCUT2D eigenvalue weighted by atomic mass is 10.0. The summed E-state index contributed by atoms with van der Waals surface area (Å²) < 4.78 is 33.1. The molecule has 0 bridgehead atoms. The van der Waals surface area contributed by atoms with Crippen LogP contribution in [-0.4, -0.2) is 45.4 Å². The minimum absolute atomic E-state index is 0.131. The quantitative estimate of drug-likeness (QED) is 0.752. The highest BCUT2D eigenvalue weighted by molar-refractivity contribution is 7.91. The first kappa shape index (κ1) is 17.8. The molecule has 21 heavy (non-hydrogen) atoms. The average Bonchev–Trinajstić information content (AvgIpc) is 2.46. The van der Waals surface area contributed by atoms with E-state index in [-0.39, 0.29) is 11.5 Å². The fourth-order valence-electron chi connectivity index (χ4n) is 2.06. The van der Waals surface area contributed by atoms with E-state index >= 15 is 0 Å². The van der Waals surface area contributed by atoms with Crippen molar-refractivity contribution in [3.63, 3.8) is 0 Å². The van der Waals surface area contributed by atoms with Crippen LogP contribution in [0.25, 0.3) is 0 Å². The minimum Gasteiger partial charge on any atom is -0.493 e. The number of methoxy groups -OCH3 is 2. The molecule has 0 aromatic heterocycles. The van der Waals surface area contributed by atoms with E-state index in [0.29, 0.717) is 30.8 Å². The molecule has 5 nitrogen and oxygen atoms in total. The van der Waals surface area contributed by atoms with Gasteiger partial charge in [-0.2, -0.15) is 0 Å². The summed E-state index contributed by atoms with van der Waals surface area (Å²) in [6.07, 6.45) is 0.847. The number of sulfone groups is 1. The number of rotatable bonds is 9. The predicted molar refractivity (Wildman–Crippen MR) is 82.8 cm³/mol. The van der Waals surface area contributed by atoms with Crippen LogP contribution in [0.15, 0.2) is 18.2 Å². The molecule has 0 saturated carbocycles. The van der Waals surface area contributed by atoms with E-state index in [1.54, 1.807) is 27.2 Å². The summed E-state index contributed by atoms with van der Waals surface area (Å²) >= 11 is 0. The zero-order chi connectivity index (χ0) is 15.9. The summed E-state index contributed by atoms with van der Waals surface area (Å²) in [6, 6.07) is 5.49. The van der Waals surface area contributed by atoms with Gasteiger partial charge in [0.1, 0.15) is 9.84 Å². The Kier molecular flexibility index (Phi) is 6.98. The molecule has 6 heteroatoms. The van der Waals surface area contributed by atoms with Gasteiger partial charge in [-0.05, 0) is 37.0 Å². The van der Waals surface area contributed by atoms with E-state index in [1.807, 2.05) is 12.1 Å². The molecule has 0 heterocycles. The average molecular weight is 316 g/mol. The predicted octanol–water partition coefficient (Wildman–Crippen LogP) is 1.82. The molecule has 1 rings (SSSR count). The minimum atomic E-state index is -2.96. The second kappa shape index (κ2) is 8.24. The highest BCUT2D eigenvalue weighted by Gasteiger charge is 2.12. The zero-order valence-corrected chi connectivity index (χ0v) is 13.6. The third-order valence-corrected chi connectivity index (χ3v) is 5.14. The number of ether oxygens (including phenoxy) is 2. The molecular weight excluding hydrogens is 292 g/mol. The van der Waals surface area contributed by atoms with Crippen LogP contribution in [0.2, 0.25) is 0 Å². The molecule has 0 aliphatic rings. The van der Waals surface area contributed by atoms with E-state index in [0.717, 1.165) is 5.56 Å². The maximum atomic E-state index is 11.4. The van der Waals surface area contributed by atoms with E-state index in [9.17, 15) is 13.5 Å². The molecule has 0 radical (unpaired) electrons. The van der Waals surface area contributed by atoms with Crippen molar-refractivity contribution in [2.75, 3.05) is 25.7 Å². The van der Waals surface area contributed by atoms with Crippen molar-refractivity contribution in [1.29, 1.82) is 0 Å². The van der Waals surface area contributed by atoms with Crippen LogP contribution in [-0.2, 0) is 16.3 Å². The van der Waals surface area contributed by atoms with Crippen LogP contribution in [0.5, 0.6) is 11.5 Å². The molecule has 0 spiro atoms. The van der Waals surface area contributed by atoms with Gasteiger partial charge in [0.25, 0.3) is 0 Å². The van der Waals surface area contributed by atoms with Crippen molar-refractivity contribution in [1.82, 2.24) is 0 Å². The van der Waals surface area contributed by atoms with Crippen molar-refractivity contribution >= 4 is 9.84 Å². The van der Waals surface area contributed by atoms with Crippen LogP contribution < -0.4 is 9.47 Å². The molecule has 1 aromatic carbocycles. The Morgan fingerprint density at radius 2 is 1.86 bits per heavy atom. The SMILES string of the molecule is CCS(=O)(=O)CCCC(O)Cc1ccc(OC)c(OC)c1. The smallest absolute Gasteiger partial charge is 0.160 e. The summed E-state index contributed by atoms with van der Waals surface area (Å²) in [4.78, 5) is 0. The summed E-state index contributed by atoms with van der Waals surface area (Å²) in [6.45, 7) is 1.63. The third kappa shape index (κ3) is 5.93. The molecular formula is C15H24O5S. The second-order valence-electron chi connectivity index (χ2n) is 4.93. The van der Waals surface area contributed by atoms with E-state index in [4.69, 9.17) is 9.47 Å². The number of hydrogen-bond acceptors (Lipinski definition) is 5. The molecule has 0 aliphatic carbocycles. The Bertz CT molecular complexity index is 539. The Labute approximate surface area is 126 Å². The lowest BCUT2D eigenvalue weighted by Gasteiger charge is -2.13. The Morgan fingerprint density at radius 1 is 1.19 bits per heavy atom. The Morgan fingerprint density at radius 3 is 2.43 bits per heavy atom. The standard InChI is InChI=1S/C15H24O5S/c1-4-21(17,18)9-5-6-13(16)10-12-7-8-14(19-2)15(11-12)20-3/h7-8,11,13,16H,4-6,9-10H2,1-3H3. The summed E-state index contributed by atoms with van der Waals surface area (Å²) in [5.41, 5.74) is 0.929. The van der Waals surface area contributed by atoms with Crippen molar-refractivity contribution in [3.05, 3.63) is 23.8 Å². The van der Waals surface area contributed by atoms with E-state index in [1.165, 1.54) is 0 Å². The first-order chi connectivity index (χ1) is 9.91. The topological polar surface area (TPSA) is 72.8 Å². The molecule has 1 atom stereocenters. The van der Waals surface area contributed by atoms with Gasteiger partial charge in [0, 0.05) is 5.75 Å². The zero-order valence-electron chi connectivity index (χ0n) is 12.8. The van der Waals surface area contributed by atoms with Crippen LogP contribution in [0, 0.1) is 0 Å². The summed E-state index contributed by atoms with van der Waals surface area (Å²) in [7, 11) is 0.178. The lowest BCUT2D eigenvalue weighted by Crippen LogP contribution is -2.14. The molecule has 0 saturated heterocycles. The molecule has 0 fully saturated rings. The summed E-state index contributed by atoms with van der Waals surface area (Å²) in [5, 5.41) is 10.00. The van der Waals surface area contributed by atoms with Crippen LogP contribution in [0.1, 0.15) is 25.3 Å². The first-order valence-corrected chi connectivity index (χ1v) is 8.83. The van der Waals surface area contributed by atoms with E-state index in [2.05, 4.69) is 0 Å². The van der Waals surface area contributed by atoms with Gasteiger partial charge in [-0.3, -0.25) is 0 Å². The van der Waals surface area contributed by atoms with Crippen LogP contribution in [0.4, 0.5) is 0 Å². The number of aliphatic hydroxyl groups excluding tert-OH is 1. The molecule has 0 aliphatic heterocycles. The maximum absolute atomic E-state index is 11.4. The van der Waals surface area contributed by atoms with Gasteiger partial charge in [-0.25, -0.2) is 8.42 Å². The Balaban J connectivity index is 2.53. The largest absolute Gasteiger partial charge is 0.493 e. The number of hydrogen-bond donors (Lipinski definition) is 1. The van der Waals surface area contributed by atoms with Gasteiger partial charge in [0.15, 0.2) is 11.5 Å². The van der Waals surface area contributed by atoms with Crippen molar-refractivity contribution < 1.29 is 23.0 Å². The second-order valence-corrected chi connectivity index (χ2v) is 7.40. The van der Waals surface area contributed by atoms with Crippen molar-refractivity contribution in [2.45, 2.75) is 32.3 Å². The number of aliphatic hydroxyl groups is 1. The Hall–Kier alpha value is -1.27. The van der Waals surface area contributed by atoms with Gasteiger partial charge in [-0.1, -0.05) is 13.0 Å². The molecule has 120 valence electrons. The molecule has 0 amide bonds. The van der Waals surface area contributed by atoms with Crippen LogP contribution in [0.3, 0.4) is 0 Å². The lowest BCUT2D eigenvalue weighted by molar-refractivity contribution is 0.164. The van der Waals surface area contributed by atoms with Gasteiger partial charge in [0.2, 0.25) is 0 Å². The van der Waals surface area contributed by atoms with Crippen molar-refractivity contribution in [3.8, 4) is 11.5 Å². The van der Waals surface area contributed by atoms with Gasteiger partial charge in [0.05, 0.1) is 26.1 Å².